The third-order valence-corrected chi connectivity index (χ3v) is 9.34. The Hall–Kier alpha value is -0.900. The van der Waals surface area contributed by atoms with Gasteiger partial charge in [0.05, 0.1) is 17.8 Å². The van der Waals surface area contributed by atoms with Gasteiger partial charge in [0, 0.05) is 6.42 Å². The first-order valence-corrected chi connectivity index (χ1v) is 12.6. The van der Waals surface area contributed by atoms with Crippen LogP contribution >= 0.6 is 0 Å². The molecule has 0 spiro atoms. The summed E-state index contributed by atoms with van der Waals surface area (Å²) < 4.78 is 0. The maximum absolute atomic E-state index is 10.7. The lowest BCUT2D eigenvalue weighted by Crippen LogP contribution is -2.37. The molecule has 3 nitrogen and oxygen atoms in total. The second-order valence-corrected chi connectivity index (χ2v) is 11.7. The molecule has 3 heteroatoms. The van der Waals surface area contributed by atoms with E-state index in [9.17, 15) is 15.3 Å². The molecule has 3 N–H and O–H groups in total. The quantitative estimate of drug-likeness (QED) is 0.488. The van der Waals surface area contributed by atoms with E-state index in [1.54, 1.807) is 5.57 Å². The Balaban J connectivity index is 1.73. The molecular formula is C28H46O3. The average molecular weight is 431 g/mol. The molecule has 3 aliphatic rings. The summed E-state index contributed by atoms with van der Waals surface area (Å²) in [7, 11) is 0. The van der Waals surface area contributed by atoms with E-state index in [0.717, 1.165) is 30.4 Å². The van der Waals surface area contributed by atoms with E-state index in [1.165, 1.54) is 25.7 Å². The number of rotatable bonds is 6. The molecule has 176 valence electrons. The number of allylic oxidation sites excluding steroid dienone is 3. The summed E-state index contributed by atoms with van der Waals surface area (Å²) in [6.07, 6.45) is 12.5. The minimum absolute atomic E-state index is 0.287. The highest BCUT2D eigenvalue weighted by molar-refractivity contribution is 5.38. The van der Waals surface area contributed by atoms with Crippen molar-refractivity contribution in [1.82, 2.24) is 0 Å². The zero-order valence-electron chi connectivity index (χ0n) is 20.5. The van der Waals surface area contributed by atoms with Gasteiger partial charge in [-0.15, -0.1) is 0 Å². The Morgan fingerprint density at radius 3 is 2.58 bits per heavy atom. The van der Waals surface area contributed by atoms with Crippen molar-refractivity contribution in [2.24, 2.45) is 29.1 Å². The van der Waals surface area contributed by atoms with E-state index < -0.39 is 17.8 Å². The van der Waals surface area contributed by atoms with Crippen LogP contribution in [0.2, 0.25) is 0 Å². The highest BCUT2D eigenvalue weighted by Crippen LogP contribution is 2.60. The molecule has 3 rings (SSSR count). The van der Waals surface area contributed by atoms with E-state index in [1.807, 2.05) is 6.92 Å². The lowest BCUT2D eigenvalue weighted by Gasteiger charge is -2.45. The maximum atomic E-state index is 10.7. The fourth-order valence-electron chi connectivity index (χ4n) is 6.69. The molecule has 0 aromatic carbocycles. The fourth-order valence-corrected chi connectivity index (χ4v) is 6.69. The second-order valence-electron chi connectivity index (χ2n) is 11.7. The first-order valence-electron chi connectivity index (χ1n) is 12.6. The molecule has 0 bridgehead atoms. The normalized spacial score (nSPS) is 39.7. The Bertz CT molecular complexity index is 716. The first-order chi connectivity index (χ1) is 14.5. The molecule has 0 amide bonds. The highest BCUT2D eigenvalue weighted by atomic mass is 16.3. The van der Waals surface area contributed by atoms with Crippen LogP contribution in [0.5, 0.6) is 0 Å². The molecule has 3 fully saturated rings. The predicted molar refractivity (Wildman–Crippen MR) is 129 cm³/mol. The summed E-state index contributed by atoms with van der Waals surface area (Å²) in [5.74, 6) is 2.25. The Morgan fingerprint density at radius 1 is 1.19 bits per heavy atom. The van der Waals surface area contributed by atoms with Crippen LogP contribution in [-0.2, 0) is 0 Å². The third-order valence-electron chi connectivity index (χ3n) is 9.34. The van der Waals surface area contributed by atoms with Crippen LogP contribution in [0, 0.1) is 29.1 Å². The first kappa shape index (κ1) is 24.7. The van der Waals surface area contributed by atoms with Crippen molar-refractivity contribution in [3.8, 4) is 0 Å². The SMILES string of the molecule is C=C1/C(=C/C=C2/CCC[C@]3(C)[C@@H]([C@H](C)CC[C@](C)(O)C(C)C)CC[C@@H]23)C[C@@H](O)C[C@H]1O. The zero-order valence-corrected chi connectivity index (χ0v) is 20.5. The van der Waals surface area contributed by atoms with Gasteiger partial charge in [0.15, 0.2) is 0 Å². The number of aliphatic hydroxyl groups excluding tert-OH is 2. The number of hydrogen-bond acceptors (Lipinski definition) is 3. The zero-order chi connectivity index (χ0) is 23.0. The van der Waals surface area contributed by atoms with Gasteiger partial charge in [-0.25, -0.2) is 0 Å². The van der Waals surface area contributed by atoms with E-state index in [0.29, 0.717) is 36.0 Å². The molecule has 0 unspecified atom stereocenters. The summed E-state index contributed by atoms with van der Waals surface area (Å²) in [6, 6.07) is 0. The van der Waals surface area contributed by atoms with Crippen LogP contribution in [0.1, 0.15) is 92.4 Å². The van der Waals surface area contributed by atoms with Gasteiger partial charge in [-0.05, 0) is 98.5 Å². The smallest absolute Gasteiger partial charge is 0.0811 e. The van der Waals surface area contributed by atoms with E-state index in [2.05, 4.69) is 46.4 Å². The van der Waals surface area contributed by atoms with Crippen LogP contribution in [0.3, 0.4) is 0 Å². The van der Waals surface area contributed by atoms with Gasteiger partial charge in [0.25, 0.3) is 0 Å². The van der Waals surface area contributed by atoms with Crippen LogP contribution in [0.25, 0.3) is 0 Å². The molecule has 0 aromatic rings. The van der Waals surface area contributed by atoms with Crippen molar-refractivity contribution in [2.75, 3.05) is 0 Å². The van der Waals surface area contributed by atoms with E-state index in [4.69, 9.17) is 0 Å². The summed E-state index contributed by atoms with van der Waals surface area (Å²) in [5.41, 5.74) is 3.09. The molecule has 0 saturated heterocycles. The Morgan fingerprint density at radius 2 is 1.90 bits per heavy atom. The molecule has 7 atom stereocenters. The monoisotopic (exact) mass is 430 g/mol. The fraction of sp³-hybridized carbons (Fsp3) is 0.786. The summed E-state index contributed by atoms with van der Waals surface area (Å²) in [4.78, 5) is 0. The van der Waals surface area contributed by atoms with Crippen LogP contribution in [0.15, 0.2) is 35.5 Å². The van der Waals surface area contributed by atoms with E-state index >= 15 is 0 Å². The van der Waals surface area contributed by atoms with Gasteiger partial charge in [-0.2, -0.15) is 0 Å². The van der Waals surface area contributed by atoms with Crippen molar-refractivity contribution >= 4 is 0 Å². The second kappa shape index (κ2) is 9.53. The Labute approximate surface area is 190 Å². The van der Waals surface area contributed by atoms with Crippen molar-refractivity contribution in [3.05, 3.63) is 35.5 Å². The number of hydrogen-bond donors (Lipinski definition) is 3. The summed E-state index contributed by atoms with van der Waals surface area (Å²) >= 11 is 0. The number of aliphatic hydroxyl groups is 3. The maximum Gasteiger partial charge on any atom is 0.0811 e. The molecule has 31 heavy (non-hydrogen) atoms. The summed E-state index contributed by atoms with van der Waals surface area (Å²) in [5, 5.41) is 30.9. The van der Waals surface area contributed by atoms with Crippen LogP contribution in [0.4, 0.5) is 0 Å². The van der Waals surface area contributed by atoms with Crippen LogP contribution in [-0.4, -0.2) is 33.1 Å². The topological polar surface area (TPSA) is 60.7 Å². The van der Waals surface area contributed by atoms with Gasteiger partial charge in [-0.3, -0.25) is 0 Å². The Kier molecular flexibility index (Phi) is 7.61. The molecule has 3 aliphatic carbocycles. The molecule has 0 aliphatic heterocycles. The summed E-state index contributed by atoms with van der Waals surface area (Å²) in [6.45, 7) is 15.2. The van der Waals surface area contributed by atoms with Crippen molar-refractivity contribution < 1.29 is 15.3 Å². The average Bonchev–Trinajstić information content (AvgIpc) is 3.05. The highest BCUT2D eigenvalue weighted by Gasteiger charge is 2.50. The van der Waals surface area contributed by atoms with Gasteiger partial charge in [0.2, 0.25) is 0 Å². The lowest BCUT2D eigenvalue weighted by molar-refractivity contribution is -0.00642. The molecule has 0 heterocycles. The lowest BCUT2D eigenvalue weighted by atomic mass is 9.60. The van der Waals surface area contributed by atoms with Crippen molar-refractivity contribution in [1.29, 1.82) is 0 Å². The minimum atomic E-state index is -0.621. The molecule has 0 aromatic heterocycles. The van der Waals surface area contributed by atoms with E-state index in [-0.39, 0.29) is 5.92 Å². The number of fused-ring (bicyclic) bond motifs is 1. The molecule has 0 radical (unpaired) electrons. The van der Waals surface area contributed by atoms with Gasteiger partial charge in [0.1, 0.15) is 0 Å². The molecular weight excluding hydrogens is 384 g/mol. The van der Waals surface area contributed by atoms with Crippen molar-refractivity contribution in [3.63, 3.8) is 0 Å². The third kappa shape index (κ3) is 5.20. The standard InChI is InChI=1S/C28H46O3/c1-18(2)28(6,31)15-13-19(3)24-11-12-25-21(8-7-14-27(24,25)5)9-10-22-16-23(29)17-26(30)20(22)4/h9-10,18-19,23-26,29-31H,4,7-8,11-17H2,1-3,5-6H3/b21-9-,22-10+/t19-,23-,24-,25+,26-,27-,28+/m1/s1. The predicted octanol–water partition coefficient (Wildman–Crippen LogP) is 5.95. The van der Waals surface area contributed by atoms with Crippen molar-refractivity contribution in [2.45, 2.75) is 110 Å². The van der Waals surface area contributed by atoms with Gasteiger partial charge in [-0.1, -0.05) is 52.0 Å². The van der Waals surface area contributed by atoms with Gasteiger partial charge >= 0.3 is 0 Å². The largest absolute Gasteiger partial charge is 0.393 e. The minimum Gasteiger partial charge on any atom is -0.393 e. The molecule has 3 saturated carbocycles. The van der Waals surface area contributed by atoms with Gasteiger partial charge < -0.3 is 15.3 Å². The van der Waals surface area contributed by atoms with Crippen LogP contribution < -0.4 is 0 Å².